The highest BCUT2D eigenvalue weighted by Gasteiger charge is 2.42. The molecule has 0 radical (unpaired) electrons. The fourth-order valence-electron chi connectivity index (χ4n) is 4.80. The number of aromatic nitrogens is 2. The number of carbonyl (C=O) groups is 2. The van der Waals surface area contributed by atoms with Crippen LogP contribution in [0.15, 0.2) is 36.4 Å². The topological polar surface area (TPSA) is 79.7 Å². The van der Waals surface area contributed by atoms with Gasteiger partial charge in [0, 0.05) is 46.2 Å². The smallest absolute Gasteiger partial charge is 0.272 e. The molecule has 3 heterocycles. The van der Waals surface area contributed by atoms with Gasteiger partial charge in [0.1, 0.15) is 17.5 Å². The first kappa shape index (κ1) is 21.4. The SMILES string of the molecule is CNC(=O)[C@@H]1C[C@H](Oc2ccccc2)CN1C1CCN(C(=O)c2cc(C)nn2C)CC1. The van der Waals surface area contributed by atoms with E-state index in [-0.39, 0.29) is 30.0 Å². The molecule has 2 amide bonds. The number of aryl methyl sites for hydroxylation is 2. The summed E-state index contributed by atoms with van der Waals surface area (Å²) in [6, 6.07) is 11.6. The highest BCUT2D eigenvalue weighted by atomic mass is 16.5. The molecule has 2 fully saturated rings. The number of amides is 2. The standard InChI is InChI=1S/C23H31N5O3/c1-16-13-21(26(3)25-16)23(30)27-11-9-17(10-12-27)28-15-19(14-20(28)22(29)24-2)31-18-7-5-4-6-8-18/h4-8,13,17,19-20H,9-12,14-15H2,1-3H3,(H,24,29)/t19-,20-/m0/s1. The summed E-state index contributed by atoms with van der Waals surface area (Å²) in [5, 5.41) is 7.10. The molecule has 2 aliphatic heterocycles. The summed E-state index contributed by atoms with van der Waals surface area (Å²) in [5.74, 6) is 0.885. The van der Waals surface area contributed by atoms with Gasteiger partial charge in [0.05, 0.1) is 11.7 Å². The molecular formula is C23H31N5O3. The van der Waals surface area contributed by atoms with E-state index in [2.05, 4.69) is 15.3 Å². The summed E-state index contributed by atoms with van der Waals surface area (Å²) < 4.78 is 7.81. The number of para-hydroxylation sites is 1. The Morgan fingerprint density at radius 1 is 1.16 bits per heavy atom. The van der Waals surface area contributed by atoms with Crippen LogP contribution in [0.5, 0.6) is 5.75 Å². The lowest BCUT2D eigenvalue weighted by molar-refractivity contribution is -0.126. The van der Waals surface area contributed by atoms with Crippen molar-refractivity contribution in [3.8, 4) is 5.75 Å². The van der Waals surface area contributed by atoms with Gasteiger partial charge in [-0.05, 0) is 38.0 Å². The van der Waals surface area contributed by atoms with E-state index in [0.29, 0.717) is 31.7 Å². The minimum absolute atomic E-state index is 0.0242. The first-order valence-electron chi connectivity index (χ1n) is 10.9. The first-order chi connectivity index (χ1) is 15.0. The molecule has 2 saturated heterocycles. The summed E-state index contributed by atoms with van der Waals surface area (Å²) in [5.41, 5.74) is 1.47. The normalized spacial score (nSPS) is 22.5. The zero-order valence-corrected chi connectivity index (χ0v) is 18.5. The maximum absolute atomic E-state index is 12.9. The van der Waals surface area contributed by atoms with Crippen LogP contribution in [0.4, 0.5) is 0 Å². The zero-order chi connectivity index (χ0) is 22.0. The summed E-state index contributed by atoms with van der Waals surface area (Å²) >= 11 is 0. The van der Waals surface area contributed by atoms with Crippen LogP contribution in [-0.2, 0) is 11.8 Å². The van der Waals surface area contributed by atoms with E-state index < -0.39 is 0 Å². The third-order valence-corrected chi connectivity index (χ3v) is 6.34. The van der Waals surface area contributed by atoms with Crippen LogP contribution in [0.1, 0.15) is 35.4 Å². The molecular weight excluding hydrogens is 394 g/mol. The fraction of sp³-hybridized carbons (Fsp3) is 0.522. The number of ether oxygens (including phenoxy) is 1. The van der Waals surface area contributed by atoms with Gasteiger partial charge < -0.3 is 15.0 Å². The highest BCUT2D eigenvalue weighted by Crippen LogP contribution is 2.29. The number of hydrogen-bond donors (Lipinski definition) is 1. The third-order valence-electron chi connectivity index (χ3n) is 6.34. The van der Waals surface area contributed by atoms with Crippen LogP contribution in [0.3, 0.4) is 0 Å². The Hall–Kier alpha value is -2.87. The van der Waals surface area contributed by atoms with E-state index in [9.17, 15) is 9.59 Å². The zero-order valence-electron chi connectivity index (χ0n) is 18.5. The second kappa shape index (κ2) is 9.09. The molecule has 8 nitrogen and oxygen atoms in total. The van der Waals surface area contributed by atoms with Gasteiger partial charge in [-0.15, -0.1) is 0 Å². The van der Waals surface area contributed by atoms with Crippen LogP contribution in [0.2, 0.25) is 0 Å². The number of nitrogens with zero attached hydrogens (tertiary/aromatic N) is 4. The number of likely N-dealkylation sites (N-methyl/N-ethyl adjacent to an activating group) is 1. The molecule has 1 N–H and O–H groups in total. The Morgan fingerprint density at radius 3 is 2.48 bits per heavy atom. The van der Waals surface area contributed by atoms with Crippen LogP contribution in [-0.4, -0.2) is 76.3 Å². The molecule has 0 bridgehead atoms. The van der Waals surface area contributed by atoms with Gasteiger partial charge in [0.25, 0.3) is 5.91 Å². The van der Waals surface area contributed by atoms with Gasteiger partial charge in [0.15, 0.2) is 0 Å². The second-order valence-corrected chi connectivity index (χ2v) is 8.43. The summed E-state index contributed by atoms with van der Waals surface area (Å²) in [6.07, 6.45) is 2.33. The maximum Gasteiger partial charge on any atom is 0.272 e. The maximum atomic E-state index is 12.9. The molecule has 4 rings (SSSR count). The lowest BCUT2D eigenvalue weighted by atomic mass is 10.0. The molecule has 2 aliphatic rings. The number of piperidine rings is 1. The van der Waals surface area contributed by atoms with Crippen molar-refractivity contribution < 1.29 is 14.3 Å². The second-order valence-electron chi connectivity index (χ2n) is 8.43. The Kier molecular flexibility index (Phi) is 6.27. The fourth-order valence-corrected chi connectivity index (χ4v) is 4.80. The first-order valence-corrected chi connectivity index (χ1v) is 10.9. The van der Waals surface area contributed by atoms with Gasteiger partial charge in [-0.1, -0.05) is 18.2 Å². The average molecular weight is 426 g/mol. The van der Waals surface area contributed by atoms with Crippen LogP contribution in [0, 0.1) is 6.92 Å². The van der Waals surface area contributed by atoms with Crippen molar-refractivity contribution in [2.45, 2.75) is 44.4 Å². The van der Waals surface area contributed by atoms with Crippen molar-refractivity contribution in [3.63, 3.8) is 0 Å². The predicted octanol–water partition coefficient (Wildman–Crippen LogP) is 1.60. The molecule has 166 valence electrons. The van der Waals surface area contributed by atoms with E-state index in [0.717, 1.165) is 24.3 Å². The molecule has 1 aromatic carbocycles. The quantitative estimate of drug-likeness (QED) is 0.787. The lowest BCUT2D eigenvalue weighted by Crippen LogP contribution is -2.52. The molecule has 1 aromatic heterocycles. The van der Waals surface area contributed by atoms with Gasteiger partial charge in [-0.25, -0.2) is 0 Å². The van der Waals surface area contributed by atoms with Crippen LogP contribution in [0.25, 0.3) is 0 Å². The van der Waals surface area contributed by atoms with Gasteiger partial charge >= 0.3 is 0 Å². The lowest BCUT2D eigenvalue weighted by Gasteiger charge is -2.38. The number of likely N-dealkylation sites (tertiary alicyclic amines) is 2. The molecule has 0 aliphatic carbocycles. The molecule has 2 aromatic rings. The molecule has 0 spiro atoms. The summed E-state index contributed by atoms with van der Waals surface area (Å²) in [7, 11) is 3.49. The van der Waals surface area contributed by atoms with E-state index in [1.54, 1.807) is 18.8 Å². The molecule has 8 heteroatoms. The molecule has 2 atom stereocenters. The van der Waals surface area contributed by atoms with E-state index in [4.69, 9.17) is 4.74 Å². The number of rotatable bonds is 5. The Balaban J connectivity index is 1.40. The summed E-state index contributed by atoms with van der Waals surface area (Å²) in [6.45, 7) is 3.96. The summed E-state index contributed by atoms with van der Waals surface area (Å²) in [4.78, 5) is 29.7. The molecule has 0 unspecified atom stereocenters. The van der Waals surface area contributed by atoms with Crippen molar-refractivity contribution in [1.82, 2.24) is 24.9 Å². The Labute approximate surface area is 183 Å². The van der Waals surface area contributed by atoms with Crippen molar-refractivity contribution in [3.05, 3.63) is 47.8 Å². The van der Waals surface area contributed by atoms with E-state index in [1.807, 2.05) is 48.2 Å². The van der Waals surface area contributed by atoms with Crippen molar-refractivity contribution in [2.24, 2.45) is 7.05 Å². The van der Waals surface area contributed by atoms with Crippen molar-refractivity contribution in [2.75, 3.05) is 26.7 Å². The van der Waals surface area contributed by atoms with E-state index in [1.165, 1.54) is 0 Å². The molecule has 0 saturated carbocycles. The molecule has 31 heavy (non-hydrogen) atoms. The largest absolute Gasteiger partial charge is 0.489 e. The van der Waals surface area contributed by atoms with Gasteiger partial charge in [0.2, 0.25) is 5.91 Å². The van der Waals surface area contributed by atoms with Crippen LogP contribution < -0.4 is 10.1 Å². The average Bonchev–Trinajstić information content (AvgIpc) is 3.36. The highest BCUT2D eigenvalue weighted by molar-refractivity contribution is 5.92. The Bertz CT molecular complexity index is 921. The minimum atomic E-state index is -0.203. The Morgan fingerprint density at radius 2 is 1.87 bits per heavy atom. The van der Waals surface area contributed by atoms with E-state index >= 15 is 0 Å². The predicted molar refractivity (Wildman–Crippen MR) is 117 cm³/mol. The minimum Gasteiger partial charge on any atom is -0.489 e. The third kappa shape index (κ3) is 4.58. The van der Waals surface area contributed by atoms with Crippen molar-refractivity contribution >= 4 is 11.8 Å². The van der Waals surface area contributed by atoms with Gasteiger partial charge in [-0.3, -0.25) is 19.2 Å². The van der Waals surface area contributed by atoms with Gasteiger partial charge in [-0.2, -0.15) is 5.10 Å². The monoisotopic (exact) mass is 425 g/mol. The van der Waals surface area contributed by atoms with Crippen LogP contribution >= 0.6 is 0 Å². The number of benzene rings is 1. The number of carbonyl (C=O) groups excluding carboxylic acids is 2. The number of nitrogens with one attached hydrogen (secondary N) is 1. The number of hydrogen-bond acceptors (Lipinski definition) is 5. The van der Waals surface area contributed by atoms with Crippen molar-refractivity contribution in [1.29, 1.82) is 0 Å².